The largest absolute Gasteiger partial charge is 0.481 e. The molecule has 0 aliphatic heterocycles. The zero-order chi connectivity index (χ0) is 25.2. The van der Waals surface area contributed by atoms with E-state index in [1.54, 1.807) is 31.4 Å². The summed E-state index contributed by atoms with van der Waals surface area (Å²) in [7, 11) is 1.75. The molecule has 1 fully saturated rings. The van der Waals surface area contributed by atoms with Gasteiger partial charge in [-0.05, 0) is 62.1 Å². The van der Waals surface area contributed by atoms with Crippen molar-refractivity contribution in [3.05, 3.63) is 54.2 Å². The molecule has 0 spiro atoms. The predicted molar refractivity (Wildman–Crippen MR) is 127 cm³/mol. The maximum absolute atomic E-state index is 13.7. The molecule has 35 heavy (non-hydrogen) atoms. The van der Waals surface area contributed by atoms with Gasteiger partial charge in [0.05, 0.1) is 30.0 Å². The predicted octanol–water partition coefficient (Wildman–Crippen LogP) is 2.75. The van der Waals surface area contributed by atoms with Crippen LogP contribution in [-0.4, -0.2) is 60.2 Å². The molecule has 0 bridgehead atoms. The number of aliphatic hydroxyl groups excluding tert-OH is 2. The second-order valence-electron chi connectivity index (χ2n) is 8.93. The van der Waals surface area contributed by atoms with Crippen molar-refractivity contribution in [2.75, 3.05) is 12.4 Å². The summed E-state index contributed by atoms with van der Waals surface area (Å²) in [5, 5.41) is 43.3. The molecule has 4 rings (SSSR count). The quantitative estimate of drug-likeness (QED) is 0.280. The Morgan fingerprint density at radius 1 is 1.17 bits per heavy atom. The summed E-state index contributed by atoms with van der Waals surface area (Å²) in [6, 6.07) is 9.62. The lowest BCUT2D eigenvalue weighted by Gasteiger charge is -2.19. The van der Waals surface area contributed by atoms with E-state index in [0.29, 0.717) is 41.4 Å². The second kappa shape index (κ2) is 10.1. The molecule has 2 unspecified atom stereocenters. The van der Waals surface area contributed by atoms with E-state index in [2.05, 4.69) is 10.3 Å². The van der Waals surface area contributed by atoms with Gasteiger partial charge in [0.2, 0.25) is 0 Å². The van der Waals surface area contributed by atoms with Gasteiger partial charge in [0.25, 0.3) is 0 Å². The van der Waals surface area contributed by atoms with Crippen LogP contribution in [-0.2, 0) is 16.9 Å². The van der Waals surface area contributed by atoms with Crippen LogP contribution in [0.1, 0.15) is 37.9 Å². The number of aliphatic carboxylic acids is 1. The Morgan fingerprint density at radius 2 is 1.89 bits per heavy atom. The first-order valence-corrected chi connectivity index (χ1v) is 11.5. The minimum Gasteiger partial charge on any atom is -0.481 e. The third kappa shape index (κ3) is 5.67. The molecular weight excluding hydrogens is 455 g/mol. The van der Waals surface area contributed by atoms with E-state index in [1.807, 2.05) is 10.6 Å². The van der Waals surface area contributed by atoms with Gasteiger partial charge in [-0.1, -0.05) is 0 Å². The van der Waals surface area contributed by atoms with Crippen LogP contribution in [0.4, 0.5) is 10.2 Å². The van der Waals surface area contributed by atoms with Gasteiger partial charge in [0, 0.05) is 30.9 Å². The maximum atomic E-state index is 13.7. The van der Waals surface area contributed by atoms with Gasteiger partial charge in [-0.25, -0.2) is 14.4 Å². The van der Waals surface area contributed by atoms with Crippen molar-refractivity contribution in [1.29, 1.82) is 0 Å². The fourth-order valence-corrected chi connectivity index (χ4v) is 4.18. The molecule has 0 saturated heterocycles. The van der Waals surface area contributed by atoms with E-state index < -0.39 is 30.2 Å². The number of carboxylic acids is 1. The number of aromatic nitrogens is 3. The Labute approximate surface area is 201 Å². The summed E-state index contributed by atoms with van der Waals surface area (Å²) >= 11 is 0. The SMILES string of the molecule is CNc1cc(-c2nc(C3(O)CC3)n(CCC(O)CC(O)CC(=O)O)c2-c2ccc(F)cc2)ccn1. The highest BCUT2D eigenvalue weighted by molar-refractivity contribution is 5.80. The van der Waals surface area contributed by atoms with Gasteiger partial charge in [-0.15, -0.1) is 0 Å². The Hall–Kier alpha value is -3.34. The van der Waals surface area contributed by atoms with E-state index in [4.69, 9.17) is 10.1 Å². The first kappa shape index (κ1) is 24.8. The molecule has 1 saturated carbocycles. The molecule has 2 aromatic heterocycles. The van der Waals surface area contributed by atoms with E-state index in [1.165, 1.54) is 12.1 Å². The molecule has 1 aromatic carbocycles. The van der Waals surface area contributed by atoms with E-state index in [9.17, 15) is 24.5 Å². The average molecular weight is 485 g/mol. The van der Waals surface area contributed by atoms with E-state index in [0.717, 1.165) is 5.56 Å². The molecule has 1 aliphatic carbocycles. The Morgan fingerprint density at radius 3 is 2.51 bits per heavy atom. The zero-order valence-corrected chi connectivity index (χ0v) is 19.4. The smallest absolute Gasteiger partial charge is 0.305 e. The van der Waals surface area contributed by atoms with Gasteiger partial charge in [-0.3, -0.25) is 4.79 Å². The van der Waals surface area contributed by atoms with Gasteiger partial charge in [0.1, 0.15) is 23.1 Å². The van der Waals surface area contributed by atoms with E-state index in [-0.39, 0.29) is 25.2 Å². The van der Waals surface area contributed by atoms with Crippen molar-refractivity contribution >= 4 is 11.8 Å². The lowest BCUT2D eigenvalue weighted by Crippen LogP contribution is -2.23. The second-order valence-corrected chi connectivity index (χ2v) is 8.93. The molecule has 0 amide bonds. The number of anilines is 1. The van der Waals surface area contributed by atoms with Crippen LogP contribution in [0.15, 0.2) is 42.6 Å². The third-order valence-corrected chi connectivity index (χ3v) is 6.15. The van der Waals surface area contributed by atoms with Crippen molar-refractivity contribution in [2.45, 2.75) is 56.5 Å². The lowest BCUT2D eigenvalue weighted by molar-refractivity contribution is -0.139. The summed E-state index contributed by atoms with van der Waals surface area (Å²) in [6.45, 7) is 0.252. The topological polar surface area (TPSA) is 141 Å². The Bertz CT molecular complexity index is 1190. The molecule has 9 nitrogen and oxygen atoms in total. The molecule has 3 aromatic rings. The average Bonchev–Trinajstić information content (AvgIpc) is 3.44. The number of rotatable bonds is 11. The first-order chi connectivity index (χ1) is 16.7. The van der Waals surface area contributed by atoms with Crippen LogP contribution in [0.25, 0.3) is 22.5 Å². The number of carbonyl (C=O) groups is 1. The summed E-state index contributed by atoms with van der Waals surface area (Å²) in [6.07, 6.45) is 0.268. The number of nitrogens with zero attached hydrogens (tertiary/aromatic N) is 3. The van der Waals surface area contributed by atoms with Crippen LogP contribution in [0.5, 0.6) is 0 Å². The molecule has 10 heteroatoms. The fraction of sp³-hybridized carbons (Fsp3) is 0.400. The standard InChI is InChI=1S/C25H29FN4O5/c1-27-20-12-16(6-10-28-20)22-23(15-2-4-17(26)5-3-15)30(24(29-22)25(35)8-9-25)11-7-18(31)13-19(32)14-21(33)34/h2-6,10,12,18-19,31-32,35H,7-9,11,13-14H2,1H3,(H,27,28)(H,33,34). The van der Waals surface area contributed by atoms with Crippen molar-refractivity contribution in [1.82, 2.24) is 14.5 Å². The minimum atomic E-state index is -1.17. The van der Waals surface area contributed by atoms with Gasteiger partial charge in [-0.2, -0.15) is 0 Å². The molecule has 0 radical (unpaired) electrons. The van der Waals surface area contributed by atoms with Crippen molar-refractivity contribution in [2.24, 2.45) is 0 Å². The summed E-state index contributed by atoms with van der Waals surface area (Å²) in [5.74, 6) is -0.435. The normalized spacial score (nSPS) is 16.0. The van der Waals surface area contributed by atoms with Crippen molar-refractivity contribution in [3.63, 3.8) is 0 Å². The van der Waals surface area contributed by atoms with Gasteiger partial charge in [0.15, 0.2) is 0 Å². The number of imidazole rings is 1. The highest BCUT2D eigenvalue weighted by Gasteiger charge is 2.47. The minimum absolute atomic E-state index is 0.0881. The van der Waals surface area contributed by atoms with Crippen LogP contribution in [0, 0.1) is 5.82 Å². The monoisotopic (exact) mass is 484 g/mol. The Balaban J connectivity index is 1.75. The number of aliphatic hydroxyl groups is 3. The summed E-state index contributed by atoms with van der Waals surface area (Å²) in [4.78, 5) is 19.9. The van der Waals surface area contributed by atoms with Gasteiger partial charge < -0.3 is 30.3 Å². The summed E-state index contributed by atoms with van der Waals surface area (Å²) in [5.41, 5.74) is 1.59. The number of nitrogens with one attached hydrogen (secondary N) is 1. The number of hydrogen-bond acceptors (Lipinski definition) is 7. The highest BCUT2D eigenvalue weighted by atomic mass is 19.1. The van der Waals surface area contributed by atoms with Crippen LogP contribution in [0.2, 0.25) is 0 Å². The van der Waals surface area contributed by atoms with E-state index >= 15 is 0 Å². The highest BCUT2D eigenvalue weighted by Crippen LogP contribution is 2.47. The lowest BCUT2D eigenvalue weighted by atomic mass is 10.0. The molecule has 2 atom stereocenters. The number of benzene rings is 1. The van der Waals surface area contributed by atoms with Crippen molar-refractivity contribution in [3.8, 4) is 22.5 Å². The van der Waals surface area contributed by atoms with Crippen LogP contribution < -0.4 is 5.32 Å². The fourth-order valence-electron chi connectivity index (χ4n) is 4.18. The number of pyridine rings is 1. The molecule has 186 valence electrons. The number of halogens is 1. The number of carboxylic acid groups (broad SMARTS) is 1. The zero-order valence-electron chi connectivity index (χ0n) is 19.4. The Kier molecular flexibility index (Phi) is 7.15. The van der Waals surface area contributed by atoms with Crippen molar-refractivity contribution < 1.29 is 29.6 Å². The van der Waals surface area contributed by atoms with Crippen LogP contribution in [0.3, 0.4) is 0 Å². The summed E-state index contributed by atoms with van der Waals surface area (Å²) < 4.78 is 15.6. The van der Waals surface area contributed by atoms with Crippen LogP contribution >= 0.6 is 0 Å². The first-order valence-electron chi connectivity index (χ1n) is 11.5. The van der Waals surface area contributed by atoms with Gasteiger partial charge >= 0.3 is 5.97 Å². The number of hydrogen-bond donors (Lipinski definition) is 5. The third-order valence-electron chi connectivity index (χ3n) is 6.15. The molecular formula is C25H29FN4O5. The molecule has 5 N–H and O–H groups in total. The molecule has 1 aliphatic rings. The maximum Gasteiger partial charge on any atom is 0.305 e. The molecule has 2 heterocycles.